The fourth-order valence-corrected chi connectivity index (χ4v) is 6.81. The van der Waals surface area contributed by atoms with Gasteiger partial charge in [0.15, 0.2) is 0 Å². The van der Waals surface area contributed by atoms with Crippen molar-refractivity contribution in [2.45, 2.75) is 65.5 Å². The largest absolute Gasteiger partial charge is 0.493 e. The highest BCUT2D eigenvalue weighted by Crippen LogP contribution is 2.70. The molecule has 2 saturated carbocycles. The van der Waals surface area contributed by atoms with Crippen molar-refractivity contribution in [3.8, 4) is 5.75 Å². The van der Waals surface area contributed by atoms with Crippen LogP contribution in [0.15, 0.2) is 24.3 Å². The second-order valence-electron chi connectivity index (χ2n) is 11.5. The Balaban J connectivity index is 1.58. The van der Waals surface area contributed by atoms with Crippen molar-refractivity contribution in [1.29, 1.82) is 0 Å². The fraction of sp³-hybridized carbons (Fsp3) is 0.741. The second-order valence-corrected chi connectivity index (χ2v) is 11.5. The first-order chi connectivity index (χ1) is 15.2. The van der Waals surface area contributed by atoms with Crippen molar-refractivity contribution in [2.75, 3.05) is 33.9 Å². The number of fused-ring (bicyclic) bond motifs is 1. The average molecular weight is 443 g/mol. The normalized spacial score (nSPS) is 32.9. The number of rotatable bonds is 8. The van der Waals surface area contributed by atoms with Gasteiger partial charge in [0.05, 0.1) is 12.7 Å². The molecule has 178 valence electrons. The van der Waals surface area contributed by atoms with Crippen molar-refractivity contribution < 1.29 is 14.3 Å². The Kier molecular flexibility index (Phi) is 6.61. The van der Waals surface area contributed by atoms with E-state index in [-0.39, 0.29) is 34.8 Å². The highest BCUT2D eigenvalue weighted by atomic mass is 16.5. The minimum absolute atomic E-state index is 0.00621. The van der Waals surface area contributed by atoms with Crippen LogP contribution in [0.2, 0.25) is 0 Å². The number of amides is 1. The summed E-state index contributed by atoms with van der Waals surface area (Å²) in [6, 6.07) is 8.63. The summed E-state index contributed by atoms with van der Waals surface area (Å²) in [6.07, 6.45) is 4.43. The maximum absolute atomic E-state index is 12.8. The molecule has 1 amide bonds. The highest BCUT2D eigenvalue weighted by Gasteiger charge is 2.68. The van der Waals surface area contributed by atoms with E-state index < -0.39 is 0 Å². The summed E-state index contributed by atoms with van der Waals surface area (Å²) < 4.78 is 12.7. The molecule has 1 aromatic carbocycles. The van der Waals surface area contributed by atoms with E-state index in [1.807, 2.05) is 13.8 Å². The number of nitrogens with one attached hydrogen (secondary N) is 1. The van der Waals surface area contributed by atoms with Crippen LogP contribution in [-0.4, -0.2) is 50.7 Å². The van der Waals surface area contributed by atoms with Gasteiger partial charge in [-0.05, 0) is 68.5 Å². The maximum atomic E-state index is 12.8. The minimum atomic E-state index is 0.00621. The van der Waals surface area contributed by atoms with Crippen molar-refractivity contribution in [2.24, 2.45) is 28.6 Å². The van der Waals surface area contributed by atoms with Crippen molar-refractivity contribution in [1.82, 2.24) is 10.2 Å². The molecule has 1 aliphatic heterocycles. The first kappa shape index (κ1) is 23.6. The molecule has 1 aromatic rings. The SMILES string of the molecule is CC(C)C(=O)N[C@H]1C(C)(C)[C@@H]2C[C@@H]3[C@@H](c4ccccc4OCCCN(C)C)OCC[C@@]31C2. The van der Waals surface area contributed by atoms with Crippen molar-refractivity contribution in [3.05, 3.63) is 29.8 Å². The molecule has 0 unspecified atom stereocenters. The third kappa shape index (κ3) is 4.07. The summed E-state index contributed by atoms with van der Waals surface area (Å²) in [7, 11) is 4.18. The van der Waals surface area contributed by atoms with Crippen LogP contribution in [0.4, 0.5) is 0 Å². The Morgan fingerprint density at radius 3 is 2.75 bits per heavy atom. The lowest BCUT2D eigenvalue weighted by Crippen LogP contribution is -2.59. The van der Waals surface area contributed by atoms with Crippen LogP contribution < -0.4 is 10.1 Å². The summed E-state index contributed by atoms with van der Waals surface area (Å²) in [4.78, 5) is 15.0. The number of benzene rings is 1. The summed E-state index contributed by atoms with van der Waals surface area (Å²) in [6.45, 7) is 11.2. The van der Waals surface area contributed by atoms with E-state index in [4.69, 9.17) is 9.47 Å². The third-order valence-electron chi connectivity index (χ3n) is 8.55. The third-order valence-corrected chi connectivity index (χ3v) is 8.55. The Labute approximate surface area is 194 Å². The molecule has 1 spiro atoms. The Bertz CT molecular complexity index is 821. The molecule has 1 N–H and O–H groups in total. The molecule has 5 atom stereocenters. The molecule has 3 fully saturated rings. The second kappa shape index (κ2) is 8.98. The maximum Gasteiger partial charge on any atom is 0.222 e. The van der Waals surface area contributed by atoms with Crippen LogP contribution in [0.1, 0.15) is 65.0 Å². The monoisotopic (exact) mass is 442 g/mol. The molecule has 5 heteroatoms. The molecule has 1 heterocycles. The predicted molar refractivity (Wildman–Crippen MR) is 128 cm³/mol. The molecule has 32 heavy (non-hydrogen) atoms. The van der Waals surface area contributed by atoms with Gasteiger partial charge in [0.25, 0.3) is 0 Å². The number of ether oxygens (including phenoxy) is 2. The van der Waals surface area contributed by atoms with Crippen molar-refractivity contribution in [3.63, 3.8) is 0 Å². The summed E-state index contributed by atoms with van der Waals surface area (Å²) in [5.41, 5.74) is 1.41. The van der Waals surface area contributed by atoms with E-state index in [9.17, 15) is 4.79 Å². The number of para-hydroxylation sites is 1. The van der Waals surface area contributed by atoms with Crippen LogP contribution in [-0.2, 0) is 9.53 Å². The van der Waals surface area contributed by atoms with E-state index in [2.05, 4.69) is 62.4 Å². The van der Waals surface area contributed by atoms with Crippen LogP contribution in [0.3, 0.4) is 0 Å². The molecular formula is C27H42N2O3. The zero-order valence-corrected chi connectivity index (χ0v) is 20.8. The van der Waals surface area contributed by atoms with Gasteiger partial charge in [-0.3, -0.25) is 4.79 Å². The molecule has 1 saturated heterocycles. The Hall–Kier alpha value is -1.59. The lowest BCUT2D eigenvalue weighted by Gasteiger charge is -2.53. The van der Waals surface area contributed by atoms with Gasteiger partial charge in [-0.15, -0.1) is 0 Å². The first-order valence-electron chi connectivity index (χ1n) is 12.4. The lowest BCUT2D eigenvalue weighted by molar-refractivity contribution is -0.139. The molecule has 0 radical (unpaired) electrons. The van der Waals surface area contributed by atoms with E-state index in [1.165, 1.54) is 18.4 Å². The van der Waals surface area contributed by atoms with Crippen LogP contribution in [0, 0.1) is 28.6 Å². The fourth-order valence-electron chi connectivity index (χ4n) is 6.81. The lowest BCUT2D eigenvalue weighted by atomic mass is 9.58. The van der Waals surface area contributed by atoms with Gasteiger partial charge in [0.1, 0.15) is 5.75 Å². The number of hydrogen-bond donors (Lipinski definition) is 1. The molecule has 5 nitrogen and oxygen atoms in total. The summed E-state index contributed by atoms with van der Waals surface area (Å²) >= 11 is 0. The molecule has 0 aromatic heterocycles. The van der Waals surface area contributed by atoms with E-state index in [1.54, 1.807) is 0 Å². The van der Waals surface area contributed by atoms with Gasteiger partial charge in [-0.25, -0.2) is 0 Å². The number of carbonyl (C=O) groups excluding carboxylic acids is 1. The predicted octanol–water partition coefficient (Wildman–Crippen LogP) is 4.67. The Morgan fingerprint density at radius 1 is 1.28 bits per heavy atom. The standard InChI is InChI=1S/C27H42N2O3/c1-18(2)24(30)28-25-26(3,4)19-16-21-23(32-15-12-27(21,25)17-19)20-10-7-8-11-22(20)31-14-9-13-29(5)6/h7-8,10-11,18-19,21,23,25H,9,12-17H2,1-6H3,(H,28,30)/t19-,21-,23-,25+,27-/m1/s1. The highest BCUT2D eigenvalue weighted by molar-refractivity contribution is 5.78. The zero-order chi connectivity index (χ0) is 23.1. The average Bonchev–Trinajstić information content (AvgIpc) is 3.23. The van der Waals surface area contributed by atoms with Gasteiger partial charge < -0.3 is 19.7 Å². The molecular weight excluding hydrogens is 400 g/mol. The minimum Gasteiger partial charge on any atom is -0.493 e. The van der Waals surface area contributed by atoms with Gasteiger partial charge in [0.2, 0.25) is 5.91 Å². The van der Waals surface area contributed by atoms with Gasteiger partial charge in [0, 0.05) is 30.7 Å². The summed E-state index contributed by atoms with van der Waals surface area (Å²) in [5.74, 6) is 2.17. The smallest absolute Gasteiger partial charge is 0.222 e. The van der Waals surface area contributed by atoms with E-state index in [0.29, 0.717) is 18.4 Å². The number of hydrogen-bond acceptors (Lipinski definition) is 4. The summed E-state index contributed by atoms with van der Waals surface area (Å²) in [5, 5.41) is 3.50. The van der Waals surface area contributed by atoms with Crippen LogP contribution in [0.5, 0.6) is 5.75 Å². The quantitative estimate of drug-likeness (QED) is 0.595. The van der Waals surface area contributed by atoms with Crippen LogP contribution in [0.25, 0.3) is 0 Å². The number of nitrogens with zero attached hydrogens (tertiary/aromatic N) is 1. The van der Waals surface area contributed by atoms with Crippen LogP contribution >= 0.6 is 0 Å². The van der Waals surface area contributed by atoms with Gasteiger partial charge in [-0.2, -0.15) is 0 Å². The molecule has 4 rings (SSSR count). The molecule has 2 bridgehead atoms. The molecule has 2 aliphatic carbocycles. The Morgan fingerprint density at radius 2 is 2.03 bits per heavy atom. The topological polar surface area (TPSA) is 50.8 Å². The first-order valence-corrected chi connectivity index (χ1v) is 12.4. The van der Waals surface area contributed by atoms with Gasteiger partial charge >= 0.3 is 0 Å². The molecule has 3 aliphatic rings. The number of carbonyl (C=O) groups is 1. The van der Waals surface area contributed by atoms with Crippen molar-refractivity contribution >= 4 is 5.91 Å². The van der Waals surface area contributed by atoms with E-state index >= 15 is 0 Å². The van der Waals surface area contributed by atoms with E-state index in [0.717, 1.165) is 31.7 Å². The van der Waals surface area contributed by atoms with Gasteiger partial charge in [-0.1, -0.05) is 45.9 Å². The zero-order valence-electron chi connectivity index (χ0n) is 20.8.